The zero-order valence-corrected chi connectivity index (χ0v) is 56.1. The fourth-order valence-corrected chi connectivity index (χ4v) is 7.72. The quantitative estimate of drug-likeness (QED) is 0.0290. The Hall–Kier alpha value is -6.08. The molecule has 10 nitrogen and oxygen atoms in total. The van der Waals surface area contributed by atoms with E-state index in [0.717, 1.165) is 0 Å². The molecule has 0 atom stereocenters. The molecule has 0 spiro atoms. The van der Waals surface area contributed by atoms with Crippen LogP contribution in [0.25, 0.3) is 0 Å². The first-order valence-electron chi connectivity index (χ1n) is 30.7. The fraction of sp³-hybridized carbons (Fsp3) is 0.909. The van der Waals surface area contributed by atoms with Crippen LogP contribution >= 0.6 is 0 Å². The molecule has 114 heavy (non-hydrogen) atoms. The minimum Gasteiger partial charge on any atom is -0.481 e. The summed E-state index contributed by atoms with van der Waals surface area (Å²) in [4.78, 5) is 50.5. The molecule has 0 radical (unpaired) electrons. The highest BCUT2D eigenvalue weighted by Gasteiger charge is 2.95. The van der Waals surface area contributed by atoms with Gasteiger partial charge in [-0.25, -0.2) is 0 Å². The van der Waals surface area contributed by atoms with Gasteiger partial charge in [-0.1, -0.05) is 51.4 Å². The van der Waals surface area contributed by atoms with Crippen molar-refractivity contribution in [1.29, 1.82) is 0 Å². The summed E-state index contributed by atoms with van der Waals surface area (Å²) in [6.45, 7) is 0. The third-order valence-corrected chi connectivity index (χ3v) is 14.5. The van der Waals surface area contributed by atoms with Gasteiger partial charge in [-0.3, -0.25) is 24.0 Å². The molecule has 0 aromatic heterocycles. The van der Waals surface area contributed by atoms with Crippen LogP contribution in [0.15, 0.2) is 0 Å². The molecule has 0 aliphatic carbocycles. The second-order valence-electron chi connectivity index (χ2n) is 23.7. The van der Waals surface area contributed by atoms with Crippen molar-refractivity contribution in [3.8, 4) is 0 Å². The van der Waals surface area contributed by atoms with E-state index >= 15 is 0 Å². The molecule has 694 valence electrons. The minimum absolute atomic E-state index is 0. The fourth-order valence-electron chi connectivity index (χ4n) is 7.72. The van der Waals surface area contributed by atoms with Crippen molar-refractivity contribution in [1.82, 2.24) is 0 Å². The average molecular weight is 1820 g/mol. The molecule has 0 aliphatic heterocycles. The summed E-state index contributed by atoms with van der Waals surface area (Å²) >= 11 is 0. The number of carboxylic acid groups (broad SMARTS) is 5. The number of alkyl halides is 49. The molecular formula is C55H71F49O10. The smallest absolute Gasteiger partial charge is 0.460 e. The molecule has 0 bridgehead atoms. The van der Waals surface area contributed by atoms with Crippen LogP contribution in [0.5, 0.6) is 0 Å². The van der Waals surface area contributed by atoms with Crippen molar-refractivity contribution in [3.05, 3.63) is 0 Å². The van der Waals surface area contributed by atoms with Gasteiger partial charge >= 0.3 is 161 Å². The van der Waals surface area contributed by atoms with Crippen LogP contribution < -0.4 is 0 Å². The van der Waals surface area contributed by atoms with Gasteiger partial charge in [0, 0.05) is 71.3 Å². The number of carboxylic acids is 5. The summed E-state index contributed by atoms with van der Waals surface area (Å²) in [5.41, 5.74) is 0. The number of aliphatic carboxylic acids is 5. The number of unbranched alkanes of at least 4 members (excludes halogenated alkanes) is 13. The Morgan fingerprint density at radius 2 is 0.272 bits per heavy atom. The lowest BCUT2D eigenvalue weighted by Crippen LogP contribution is -2.74. The summed E-state index contributed by atoms with van der Waals surface area (Å²) in [5.74, 6) is -125. The summed E-state index contributed by atoms with van der Waals surface area (Å²) < 4.78 is 618. The number of halogens is 49. The van der Waals surface area contributed by atoms with Crippen molar-refractivity contribution < 1.29 is 272 Å². The highest BCUT2D eigenvalue weighted by molar-refractivity contribution is 5.67. The molecule has 0 unspecified atom stereocenters. The molecule has 0 aromatic carbocycles. The maximum Gasteiger partial charge on any atom is 0.460 e. The van der Waals surface area contributed by atoms with Gasteiger partial charge in [0.05, 0.1) is 0 Å². The Kier molecular flexibility index (Phi) is 43.0. The van der Waals surface area contributed by atoms with Gasteiger partial charge in [-0.05, 0) is 64.2 Å². The molecular weight excluding hydrogens is 1750 g/mol. The second kappa shape index (κ2) is 42.0. The van der Waals surface area contributed by atoms with E-state index in [1.807, 2.05) is 0 Å². The highest BCUT2D eigenvalue weighted by atomic mass is 19.5. The van der Waals surface area contributed by atoms with E-state index in [9.17, 15) is 239 Å². The van der Waals surface area contributed by atoms with Crippen LogP contribution in [0.3, 0.4) is 0 Å². The number of hydrogen-bond acceptors (Lipinski definition) is 5. The Morgan fingerprint density at radius 1 is 0.149 bits per heavy atom. The Bertz CT molecular complexity index is 2920. The Morgan fingerprint density at radius 3 is 0.474 bits per heavy atom. The van der Waals surface area contributed by atoms with Gasteiger partial charge in [-0.2, -0.15) is 215 Å². The lowest BCUT2D eigenvalue weighted by atomic mass is 9.87. The maximum atomic E-state index is 13.6. The minimum atomic E-state index is -8.63. The van der Waals surface area contributed by atoms with E-state index in [4.69, 9.17) is 25.5 Å². The molecule has 0 aliphatic rings. The van der Waals surface area contributed by atoms with E-state index in [0.29, 0.717) is 0 Å². The first-order valence-corrected chi connectivity index (χ1v) is 30.7. The van der Waals surface area contributed by atoms with Gasteiger partial charge in [0.1, 0.15) is 0 Å². The van der Waals surface area contributed by atoms with Crippen molar-refractivity contribution >= 4 is 29.8 Å². The molecule has 0 aromatic rings. The van der Waals surface area contributed by atoms with Crippen LogP contribution in [0.1, 0.15) is 187 Å². The molecule has 5 N–H and O–H groups in total. The summed E-state index contributed by atoms with van der Waals surface area (Å²) in [5, 5.41) is 41.2. The predicted octanol–water partition coefficient (Wildman–Crippen LogP) is 26.1. The van der Waals surface area contributed by atoms with E-state index in [-0.39, 0.29) is 103 Å². The van der Waals surface area contributed by atoms with Crippen LogP contribution in [-0.2, 0) is 24.0 Å². The molecule has 0 fully saturated rings. The first-order chi connectivity index (χ1) is 49.8. The standard InChI is InChI=1S/C15H13F17O2.C13H15F11O2.C11H13F9O2.C8H9F7O2.C8H11F5O2.5H2/c16-8(17,6-4-2-1-3-5-7(33)34)9(18,19)10(20,21)11(22,23)12(24,25)13(26,27)14(28,29)15(30,31)32;14-9(15,7-5-3-1-2-4-6-8(25)26)10(16,17)11(18,19)12(20,21)13(22,23)24;12-8(13,6-4-2-1-3-5-7(21)22)9(14,15)10(16,17)11(18,19)20;9-6(10,4-2-1-3-5(16)17)7(11,12)8(13,14)15;9-7(10,8(11,12)13)5-3-1-2-4-6(14)15;;;;;/h1-6H2,(H,33,34);1-7H2,(H,25,26);1-6H2,(H,21,22);1-4H2,(H,16,17);1-5H2,(H,14,15);5*1H. The first kappa shape index (κ1) is 116. The number of rotatable bonds is 45. The van der Waals surface area contributed by atoms with Gasteiger partial charge in [0.25, 0.3) is 0 Å². The van der Waals surface area contributed by atoms with Gasteiger partial charge in [-0.15, -0.1) is 0 Å². The van der Waals surface area contributed by atoms with E-state index in [2.05, 4.69) is 0 Å². The average Bonchev–Trinajstić information content (AvgIpc) is 0.696. The van der Waals surface area contributed by atoms with E-state index in [1.54, 1.807) is 0 Å². The Labute approximate surface area is 613 Å². The van der Waals surface area contributed by atoms with Crippen LogP contribution in [0.2, 0.25) is 0 Å². The van der Waals surface area contributed by atoms with Crippen molar-refractivity contribution in [2.75, 3.05) is 0 Å². The van der Waals surface area contributed by atoms with Crippen LogP contribution in [0, 0.1) is 0 Å². The maximum absolute atomic E-state index is 13.6. The van der Waals surface area contributed by atoms with Crippen molar-refractivity contribution in [2.24, 2.45) is 0 Å². The SMILES string of the molecule is O=C(O)CCCCC(F)(F)C(F)(F)C(F)(F)F.O=C(O)CCCCCC(F)(F)C(F)(F)F.O=C(O)CCCCCCC(F)(F)C(F)(F)C(F)(F)C(F)(F)C(F)(F)C(F)(F)C(F)(F)C(F)(F)F.O=C(O)CCCCCCC(F)(F)C(F)(F)C(F)(F)C(F)(F)F.O=C(O)CCCCCCCC(F)(F)C(F)(F)C(F)(F)C(F)(F)C(F)(F)F.[HH].[HH].[HH].[HH].[HH]. The normalized spacial score (nSPS) is 14.5. The van der Waals surface area contributed by atoms with Crippen molar-refractivity contribution in [2.45, 2.75) is 311 Å². The third-order valence-electron chi connectivity index (χ3n) is 14.5. The number of carbonyl (C=O) groups is 5. The molecule has 0 heterocycles. The molecule has 59 heteroatoms. The zero-order chi connectivity index (χ0) is 92.7. The molecule has 0 rings (SSSR count). The third kappa shape index (κ3) is 30.7. The largest absolute Gasteiger partial charge is 0.481 e. The summed E-state index contributed by atoms with van der Waals surface area (Å²) in [6.07, 6.45) is -50.1. The number of hydrogen-bond donors (Lipinski definition) is 5. The Balaban J connectivity index is -0.000000159. The zero-order valence-electron chi connectivity index (χ0n) is 56.1. The van der Waals surface area contributed by atoms with Gasteiger partial charge < -0.3 is 25.5 Å². The second-order valence-corrected chi connectivity index (χ2v) is 23.7. The summed E-state index contributed by atoms with van der Waals surface area (Å²) in [7, 11) is 0. The summed E-state index contributed by atoms with van der Waals surface area (Å²) in [6, 6.07) is 0. The van der Waals surface area contributed by atoms with E-state index in [1.165, 1.54) is 0 Å². The van der Waals surface area contributed by atoms with Gasteiger partial charge in [0.15, 0.2) is 0 Å². The monoisotopic (exact) mass is 1820 g/mol. The lowest BCUT2D eigenvalue weighted by Gasteiger charge is -2.42. The van der Waals surface area contributed by atoms with Crippen LogP contribution in [0.4, 0.5) is 215 Å². The lowest BCUT2D eigenvalue weighted by molar-refractivity contribution is -0.461. The predicted molar refractivity (Wildman–Crippen MR) is 292 cm³/mol. The molecule has 0 amide bonds. The van der Waals surface area contributed by atoms with Crippen LogP contribution in [-0.4, -0.2) is 187 Å². The van der Waals surface area contributed by atoms with Gasteiger partial charge in [0.2, 0.25) is 0 Å². The highest BCUT2D eigenvalue weighted by Crippen LogP contribution is 2.65. The topological polar surface area (TPSA) is 186 Å². The van der Waals surface area contributed by atoms with E-state index < -0.39 is 245 Å². The van der Waals surface area contributed by atoms with Crippen molar-refractivity contribution in [3.63, 3.8) is 0 Å². The molecule has 0 saturated heterocycles. The molecule has 0 saturated carbocycles.